The molecule has 3 atom stereocenters. The fraction of sp³-hybridized carbons (Fsp3) is 0.296. The maximum atomic E-state index is 2.58. The number of benzene rings is 7. The number of nitrogens with zero attached hydrogens (tertiary/aromatic N) is 1. The van der Waals surface area contributed by atoms with Gasteiger partial charge in [-0.3, -0.25) is 0 Å². The van der Waals surface area contributed by atoms with Crippen molar-refractivity contribution in [3.8, 4) is 22.3 Å². The van der Waals surface area contributed by atoms with Gasteiger partial charge in [0.25, 0.3) is 0 Å². The summed E-state index contributed by atoms with van der Waals surface area (Å²) >= 11 is 0. The lowest BCUT2D eigenvalue weighted by atomic mass is 9.78. The molecule has 4 aliphatic carbocycles. The van der Waals surface area contributed by atoms with Gasteiger partial charge >= 0.3 is 0 Å². The van der Waals surface area contributed by atoms with Crippen LogP contribution in [0.25, 0.3) is 43.8 Å². The molecule has 272 valence electrons. The molecule has 0 heterocycles. The Morgan fingerprint density at radius 1 is 0.527 bits per heavy atom. The van der Waals surface area contributed by atoms with Crippen LogP contribution in [0.2, 0.25) is 0 Å². The van der Waals surface area contributed by atoms with Crippen LogP contribution in [0.3, 0.4) is 0 Å². The second-order valence-electron chi connectivity index (χ2n) is 17.9. The van der Waals surface area contributed by atoms with Crippen LogP contribution in [0.1, 0.15) is 106 Å². The van der Waals surface area contributed by atoms with E-state index >= 15 is 0 Å². The van der Waals surface area contributed by atoms with Gasteiger partial charge in [-0.15, -0.1) is 0 Å². The van der Waals surface area contributed by atoms with Crippen LogP contribution < -0.4 is 4.90 Å². The number of fused-ring (bicyclic) bond motifs is 7. The van der Waals surface area contributed by atoms with E-state index in [0.717, 1.165) is 11.8 Å². The zero-order valence-electron chi connectivity index (χ0n) is 32.4. The van der Waals surface area contributed by atoms with Crippen molar-refractivity contribution in [2.24, 2.45) is 11.8 Å². The molecular weight excluding hydrogens is 663 g/mol. The molecule has 7 aromatic rings. The van der Waals surface area contributed by atoms with Gasteiger partial charge in [-0.1, -0.05) is 143 Å². The van der Waals surface area contributed by atoms with E-state index < -0.39 is 0 Å². The topological polar surface area (TPSA) is 3.24 Å². The van der Waals surface area contributed by atoms with Crippen molar-refractivity contribution in [2.75, 3.05) is 4.90 Å². The third-order valence-corrected chi connectivity index (χ3v) is 14.5. The fourth-order valence-corrected chi connectivity index (χ4v) is 11.7. The number of hydrogen-bond donors (Lipinski definition) is 0. The molecule has 1 nitrogen and oxygen atoms in total. The van der Waals surface area contributed by atoms with Gasteiger partial charge in [-0.2, -0.15) is 0 Å². The lowest BCUT2D eigenvalue weighted by molar-refractivity contribution is 0.420. The SMILES string of the molecule is CC1(C)c2ccccc2-c2ccc(N(c3ccc(C4CC5CCC4C5)cc3)c3ccc4ccc(C5CCCCC5)cc4c3)c(-c3ccc4ccccc4c3)c21. The van der Waals surface area contributed by atoms with Crippen molar-refractivity contribution >= 4 is 38.6 Å². The van der Waals surface area contributed by atoms with Crippen molar-refractivity contribution in [3.05, 3.63) is 162 Å². The van der Waals surface area contributed by atoms with Gasteiger partial charge < -0.3 is 4.90 Å². The zero-order chi connectivity index (χ0) is 36.7. The van der Waals surface area contributed by atoms with Gasteiger partial charge in [0.1, 0.15) is 0 Å². The third kappa shape index (κ3) is 5.48. The molecule has 0 N–H and O–H groups in total. The predicted molar refractivity (Wildman–Crippen MR) is 233 cm³/mol. The summed E-state index contributed by atoms with van der Waals surface area (Å²) in [6, 6.07) is 54.1. The van der Waals surface area contributed by atoms with Gasteiger partial charge in [-0.25, -0.2) is 0 Å². The van der Waals surface area contributed by atoms with Gasteiger partial charge in [0, 0.05) is 22.4 Å². The van der Waals surface area contributed by atoms with Crippen LogP contribution in [-0.2, 0) is 5.41 Å². The summed E-state index contributed by atoms with van der Waals surface area (Å²) in [7, 11) is 0. The van der Waals surface area contributed by atoms with Gasteiger partial charge in [0.2, 0.25) is 0 Å². The van der Waals surface area contributed by atoms with Crippen molar-refractivity contribution in [2.45, 2.75) is 88.9 Å². The first-order chi connectivity index (χ1) is 27.0. The monoisotopic (exact) mass is 713 g/mol. The summed E-state index contributed by atoms with van der Waals surface area (Å²) < 4.78 is 0. The average molecular weight is 714 g/mol. The van der Waals surface area contributed by atoms with Crippen molar-refractivity contribution in [1.82, 2.24) is 0 Å². The molecule has 1 heteroatoms. The Labute approximate surface area is 327 Å². The highest BCUT2D eigenvalue weighted by Gasteiger charge is 2.41. The van der Waals surface area contributed by atoms with E-state index in [4.69, 9.17) is 0 Å². The molecule has 55 heavy (non-hydrogen) atoms. The second kappa shape index (κ2) is 13.0. The Kier molecular flexibility index (Phi) is 7.84. The normalized spacial score (nSPS) is 21.2. The summed E-state index contributed by atoms with van der Waals surface area (Å²) in [5.41, 5.74) is 14.7. The van der Waals surface area contributed by atoms with E-state index in [1.165, 1.54) is 141 Å². The molecule has 3 unspecified atom stereocenters. The maximum absolute atomic E-state index is 2.58. The molecule has 0 spiro atoms. The second-order valence-corrected chi connectivity index (χ2v) is 17.9. The molecule has 7 aromatic carbocycles. The molecule has 0 aromatic heterocycles. The lowest BCUT2D eigenvalue weighted by Crippen LogP contribution is -2.19. The summed E-state index contributed by atoms with van der Waals surface area (Å²) in [4.78, 5) is 2.58. The first kappa shape index (κ1) is 33.2. The minimum absolute atomic E-state index is 0.168. The van der Waals surface area contributed by atoms with Crippen LogP contribution in [0, 0.1) is 11.8 Å². The Bertz CT molecular complexity index is 2580. The van der Waals surface area contributed by atoms with Crippen LogP contribution in [-0.4, -0.2) is 0 Å². The highest BCUT2D eigenvalue weighted by Crippen LogP contribution is 2.57. The molecule has 2 bridgehead atoms. The minimum atomic E-state index is -0.168. The van der Waals surface area contributed by atoms with E-state index in [2.05, 4.69) is 158 Å². The summed E-state index contributed by atoms with van der Waals surface area (Å²) in [6.07, 6.45) is 12.4. The van der Waals surface area contributed by atoms with Crippen LogP contribution in [0.5, 0.6) is 0 Å². The predicted octanol–water partition coefficient (Wildman–Crippen LogP) is 15.4. The smallest absolute Gasteiger partial charge is 0.0543 e. The van der Waals surface area contributed by atoms with E-state index in [0.29, 0.717) is 11.8 Å². The lowest BCUT2D eigenvalue weighted by Gasteiger charge is -2.33. The van der Waals surface area contributed by atoms with Crippen molar-refractivity contribution in [1.29, 1.82) is 0 Å². The first-order valence-electron chi connectivity index (χ1n) is 21.2. The molecule has 0 amide bonds. The van der Waals surface area contributed by atoms with Crippen LogP contribution >= 0.6 is 0 Å². The van der Waals surface area contributed by atoms with Gasteiger partial charge in [-0.05, 0) is 153 Å². The highest BCUT2D eigenvalue weighted by molar-refractivity contribution is 6.00. The third-order valence-electron chi connectivity index (χ3n) is 14.5. The molecule has 4 aliphatic rings. The molecule has 0 saturated heterocycles. The average Bonchev–Trinajstić information content (AvgIpc) is 3.94. The summed E-state index contributed by atoms with van der Waals surface area (Å²) in [5, 5.41) is 5.21. The maximum Gasteiger partial charge on any atom is 0.0543 e. The number of anilines is 3. The number of rotatable bonds is 6. The standard InChI is InChI=1S/C54H51N/c1-54(2)50-15-9-8-14-47(50)48-28-29-51(52(53(48)54)43-21-19-37-12-6-7-13-40(37)32-43)55(45-25-23-39(24-26-45)49-31-35-16-17-42(49)30-35)46-27-22-38-18-20-41(33-44(38)34-46)36-10-4-3-5-11-36/h6-9,12-15,18-29,32-36,42,49H,3-5,10-11,16-17,30-31H2,1-2H3. The largest absolute Gasteiger partial charge is 0.310 e. The summed E-state index contributed by atoms with van der Waals surface area (Å²) in [5.74, 6) is 3.19. The minimum Gasteiger partial charge on any atom is -0.310 e. The molecule has 0 radical (unpaired) electrons. The van der Waals surface area contributed by atoms with E-state index in [1.807, 2.05) is 0 Å². The molecule has 3 fully saturated rings. The van der Waals surface area contributed by atoms with Gasteiger partial charge in [0.15, 0.2) is 0 Å². The van der Waals surface area contributed by atoms with E-state index in [-0.39, 0.29) is 5.41 Å². The molecule has 3 saturated carbocycles. The fourth-order valence-electron chi connectivity index (χ4n) is 11.7. The summed E-state index contributed by atoms with van der Waals surface area (Å²) in [6.45, 7) is 4.87. The Morgan fingerprint density at radius 3 is 2.07 bits per heavy atom. The van der Waals surface area contributed by atoms with Crippen LogP contribution in [0.15, 0.2) is 140 Å². The highest BCUT2D eigenvalue weighted by atomic mass is 15.1. The van der Waals surface area contributed by atoms with Crippen molar-refractivity contribution < 1.29 is 0 Å². The van der Waals surface area contributed by atoms with Crippen molar-refractivity contribution in [3.63, 3.8) is 0 Å². The quantitative estimate of drug-likeness (QED) is 0.166. The van der Waals surface area contributed by atoms with Crippen LogP contribution in [0.4, 0.5) is 17.1 Å². The van der Waals surface area contributed by atoms with E-state index in [9.17, 15) is 0 Å². The van der Waals surface area contributed by atoms with E-state index in [1.54, 1.807) is 0 Å². The molecular formula is C54H51N. The number of hydrogen-bond acceptors (Lipinski definition) is 1. The Balaban J connectivity index is 1.14. The Hall–Kier alpha value is -5.14. The Morgan fingerprint density at radius 2 is 1.25 bits per heavy atom. The molecule has 11 rings (SSSR count). The molecule has 0 aliphatic heterocycles. The van der Waals surface area contributed by atoms with Gasteiger partial charge in [0.05, 0.1) is 5.69 Å². The first-order valence-corrected chi connectivity index (χ1v) is 21.2. The zero-order valence-corrected chi connectivity index (χ0v) is 32.4.